The van der Waals surface area contributed by atoms with Crippen LogP contribution in [0, 0.1) is 13.8 Å². The molecule has 6 heteroatoms. The van der Waals surface area contributed by atoms with Crippen molar-refractivity contribution in [2.24, 2.45) is 0 Å². The Morgan fingerprint density at radius 3 is 2.21 bits per heavy atom. The summed E-state index contributed by atoms with van der Waals surface area (Å²) >= 11 is 0. The number of para-hydroxylation sites is 1. The molecule has 6 nitrogen and oxygen atoms in total. The van der Waals surface area contributed by atoms with Crippen LogP contribution in [0.25, 0.3) is 0 Å². The molecule has 0 aliphatic carbocycles. The fraction of sp³-hybridized carbons (Fsp3) is 0.261. The lowest BCUT2D eigenvalue weighted by Crippen LogP contribution is -2.47. The normalized spacial score (nSPS) is 14.0. The summed E-state index contributed by atoms with van der Waals surface area (Å²) in [6.45, 7) is 7.87. The molecule has 0 radical (unpaired) electrons. The molecule has 1 fully saturated rings. The Bertz CT molecular complexity index is 980. The van der Waals surface area contributed by atoms with Crippen LogP contribution < -0.4 is 15.1 Å². The van der Waals surface area contributed by atoms with E-state index in [9.17, 15) is 4.79 Å². The third kappa shape index (κ3) is 4.21. The topological polar surface area (TPSA) is 61.4 Å². The molecule has 4 rings (SSSR count). The van der Waals surface area contributed by atoms with Gasteiger partial charge in [-0.25, -0.2) is 9.97 Å². The van der Waals surface area contributed by atoms with Crippen LogP contribution in [0.2, 0.25) is 0 Å². The van der Waals surface area contributed by atoms with Gasteiger partial charge in [0.15, 0.2) is 0 Å². The fourth-order valence-electron chi connectivity index (χ4n) is 3.55. The van der Waals surface area contributed by atoms with E-state index in [1.165, 1.54) is 16.8 Å². The maximum atomic E-state index is 12.3. The van der Waals surface area contributed by atoms with Crippen molar-refractivity contribution in [2.45, 2.75) is 13.8 Å². The second-order valence-corrected chi connectivity index (χ2v) is 7.29. The number of rotatable bonds is 4. The van der Waals surface area contributed by atoms with E-state index in [2.05, 4.69) is 57.1 Å². The van der Waals surface area contributed by atoms with Gasteiger partial charge in [0.2, 0.25) is 5.95 Å². The van der Waals surface area contributed by atoms with Crippen LogP contribution in [0.4, 0.5) is 17.3 Å². The fourth-order valence-corrected chi connectivity index (χ4v) is 3.55. The van der Waals surface area contributed by atoms with E-state index in [4.69, 9.17) is 0 Å². The van der Waals surface area contributed by atoms with Crippen molar-refractivity contribution < 1.29 is 4.79 Å². The van der Waals surface area contributed by atoms with Crippen molar-refractivity contribution in [3.63, 3.8) is 0 Å². The molecule has 2 aromatic carbocycles. The number of carbonyl (C=O) groups excluding carboxylic acids is 1. The zero-order chi connectivity index (χ0) is 20.2. The molecule has 0 bridgehead atoms. The van der Waals surface area contributed by atoms with Crippen LogP contribution in [-0.4, -0.2) is 42.1 Å². The van der Waals surface area contributed by atoms with Crippen LogP contribution >= 0.6 is 0 Å². The molecule has 1 N–H and O–H groups in total. The first-order valence-corrected chi connectivity index (χ1v) is 9.86. The first-order chi connectivity index (χ1) is 14.1. The maximum absolute atomic E-state index is 12.3. The van der Waals surface area contributed by atoms with Crippen LogP contribution in [0.3, 0.4) is 0 Å². The number of nitrogens with one attached hydrogen (secondary N) is 1. The van der Waals surface area contributed by atoms with Crippen molar-refractivity contribution in [1.82, 2.24) is 9.97 Å². The number of hydrogen-bond donors (Lipinski definition) is 1. The standard InChI is InChI=1S/C23H25N5O/c1-17-7-6-10-21(18(17)2)27-11-13-28(14-12-27)23-24-15-19(16-25-23)22(29)26-20-8-4-3-5-9-20/h3-10,15-16H,11-14H2,1-2H3,(H,26,29). The third-order valence-electron chi connectivity index (χ3n) is 5.41. The Hall–Kier alpha value is -3.41. The van der Waals surface area contributed by atoms with Gasteiger partial charge in [-0.05, 0) is 43.2 Å². The van der Waals surface area contributed by atoms with E-state index in [1.54, 1.807) is 12.4 Å². The number of carbonyl (C=O) groups is 1. The Labute approximate surface area is 171 Å². The smallest absolute Gasteiger partial charge is 0.258 e. The third-order valence-corrected chi connectivity index (χ3v) is 5.41. The molecule has 1 aliphatic heterocycles. The van der Waals surface area contributed by atoms with Gasteiger partial charge in [0.05, 0.1) is 5.56 Å². The molecule has 1 amide bonds. The summed E-state index contributed by atoms with van der Waals surface area (Å²) in [6.07, 6.45) is 3.19. The largest absolute Gasteiger partial charge is 0.368 e. The molecular weight excluding hydrogens is 362 g/mol. The predicted molar refractivity (Wildman–Crippen MR) is 117 cm³/mol. The van der Waals surface area contributed by atoms with E-state index in [-0.39, 0.29) is 5.91 Å². The molecule has 1 saturated heterocycles. The van der Waals surface area contributed by atoms with Crippen molar-refractivity contribution in [3.8, 4) is 0 Å². The van der Waals surface area contributed by atoms with Gasteiger partial charge in [0.25, 0.3) is 5.91 Å². The van der Waals surface area contributed by atoms with E-state index in [1.807, 2.05) is 30.3 Å². The van der Waals surface area contributed by atoms with Crippen LogP contribution in [0.15, 0.2) is 60.9 Å². The lowest BCUT2D eigenvalue weighted by Gasteiger charge is -2.37. The number of anilines is 3. The molecule has 148 valence electrons. The average Bonchev–Trinajstić information content (AvgIpc) is 2.77. The molecule has 3 aromatic rings. The number of nitrogens with zero attached hydrogens (tertiary/aromatic N) is 4. The van der Waals surface area contributed by atoms with Gasteiger partial charge in [0, 0.05) is 49.9 Å². The first kappa shape index (κ1) is 18.9. The minimum absolute atomic E-state index is 0.206. The van der Waals surface area contributed by atoms with Gasteiger partial charge < -0.3 is 15.1 Å². The lowest BCUT2D eigenvalue weighted by molar-refractivity contribution is 0.102. The van der Waals surface area contributed by atoms with Gasteiger partial charge in [0.1, 0.15) is 0 Å². The zero-order valence-corrected chi connectivity index (χ0v) is 16.8. The van der Waals surface area contributed by atoms with Gasteiger partial charge in [-0.1, -0.05) is 30.3 Å². The Morgan fingerprint density at radius 2 is 1.52 bits per heavy atom. The molecule has 2 heterocycles. The van der Waals surface area contributed by atoms with E-state index >= 15 is 0 Å². The van der Waals surface area contributed by atoms with Crippen LogP contribution in [0.1, 0.15) is 21.5 Å². The molecule has 0 unspecified atom stereocenters. The van der Waals surface area contributed by atoms with E-state index in [0.29, 0.717) is 11.5 Å². The first-order valence-electron chi connectivity index (χ1n) is 9.86. The highest BCUT2D eigenvalue weighted by Gasteiger charge is 2.21. The SMILES string of the molecule is Cc1cccc(N2CCN(c3ncc(C(=O)Nc4ccccc4)cn3)CC2)c1C. The summed E-state index contributed by atoms with van der Waals surface area (Å²) < 4.78 is 0. The molecule has 0 spiro atoms. The van der Waals surface area contributed by atoms with Gasteiger partial charge in [-0.2, -0.15) is 0 Å². The molecule has 29 heavy (non-hydrogen) atoms. The Balaban J connectivity index is 1.38. The quantitative estimate of drug-likeness (QED) is 0.740. The van der Waals surface area contributed by atoms with Crippen molar-refractivity contribution in [2.75, 3.05) is 41.3 Å². The second kappa shape index (κ2) is 8.31. The predicted octanol–water partition coefficient (Wildman–Crippen LogP) is 3.67. The van der Waals surface area contributed by atoms with Gasteiger partial charge in [-0.3, -0.25) is 4.79 Å². The van der Waals surface area contributed by atoms with Crippen LogP contribution in [-0.2, 0) is 0 Å². The molecule has 1 aromatic heterocycles. The van der Waals surface area contributed by atoms with Crippen molar-refractivity contribution in [1.29, 1.82) is 0 Å². The molecule has 0 atom stereocenters. The zero-order valence-electron chi connectivity index (χ0n) is 16.8. The summed E-state index contributed by atoms with van der Waals surface area (Å²) in [5.41, 5.74) is 5.16. The molecule has 1 aliphatic rings. The summed E-state index contributed by atoms with van der Waals surface area (Å²) in [5.74, 6) is 0.462. The number of aromatic nitrogens is 2. The Kier molecular flexibility index (Phi) is 5.42. The number of piperazine rings is 1. The number of hydrogen-bond acceptors (Lipinski definition) is 5. The van der Waals surface area contributed by atoms with Gasteiger partial charge >= 0.3 is 0 Å². The number of aryl methyl sites for hydroxylation is 1. The van der Waals surface area contributed by atoms with E-state index < -0.39 is 0 Å². The average molecular weight is 387 g/mol. The Morgan fingerprint density at radius 1 is 0.862 bits per heavy atom. The highest BCUT2D eigenvalue weighted by molar-refractivity contribution is 6.03. The van der Waals surface area contributed by atoms with Crippen molar-refractivity contribution >= 4 is 23.2 Å². The summed E-state index contributed by atoms with van der Waals surface area (Å²) in [5, 5.41) is 2.85. The van der Waals surface area contributed by atoms with Crippen molar-refractivity contribution in [3.05, 3.63) is 77.6 Å². The van der Waals surface area contributed by atoms with Crippen LogP contribution in [0.5, 0.6) is 0 Å². The summed E-state index contributed by atoms with van der Waals surface area (Å²) in [6, 6.07) is 15.8. The monoisotopic (exact) mass is 387 g/mol. The maximum Gasteiger partial charge on any atom is 0.258 e. The molecular formula is C23H25N5O. The summed E-state index contributed by atoms with van der Waals surface area (Å²) in [4.78, 5) is 25.8. The highest BCUT2D eigenvalue weighted by atomic mass is 16.1. The van der Waals surface area contributed by atoms with E-state index in [0.717, 1.165) is 31.9 Å². The van der Waals surface area contributed by atoms with Gasteiger partial charge in [-0.15, -0.1) is 0 Å². The highest BCUT2D eigenvalue weighted by Crippen LogP contribution is 2.24. The minimum Gasteiger partial charge on any atom is -0.368 e. The number of amides is 1. The summed E-state index contributed by atoms with van der Waals surface area (Å²) in [7, 11) is 0. The number of benzene rings is 2. The minimum atomic E-state index is -0.206. The lowest BCUT2D eigenvalue weighted by atomic mass is 10.1. The second-order valence-electron chi connectivity index (χ2n) is 7.29. The molecule has 0 saturated carbocycles.